The average molecular weight is 487 g/mol. The second-order valence-electron chi connectivity index (χ2n) is 7.89. The molecular weight excluding hydrogens is 463 g/mol. The van der Waals surface area contributed by atoms with Crippen molar-refractivity contribution < 1.29 is 23.2 Å². The lowest BCUT2D eigenvalue weighted by molar-refractivity contribution is -0.132. The number of nitrogens with zero attached hydrogens (tertiary/aromatic N) is 4. The van der Waals surface area contributed by atoms with E-state index in [1.807, 2.05) is 24.3 Å². The standard InChI is InChI=1S/C24H24ClFN4O4/c1-33-18-8-5-16(6-9-18)23-27-21(34-28-23)3-2-4-22(31)29-11-13-30(14-12-29)24(32)19-10-7-17(26)15-20(19)25/h5-10,15H,2-4,11-14H2,1H3. The van der Waals surface area contributed by atoms with Gasteiger partial charge in [-0.1, -0.05) is 16.8 Å². The average Bonchev–Trinajstić information content (AvgIpc) is 3.32. The van der Waals surface area contributed by atoms with Crippen molar-refractivity contribution in [1.29, 1.82) is 0 Å². The Morgan fingerprint density at radius 3 is 2.47 bits per heavy atom. The molecule has 0 saturated carbocycles. The van der Waals surface area contributed by atoms with Gasteiger partial charge in [-0.15, -0.1) is 0 Å². The van der Waals surface area contributed by atoms with Crippen LogP contribution in [0.3, 0.4) is 0 Å². The molecule has 4 rings (SSSR count). The van der Waals surface area contributed by atoms with Gasteiger partial charge in [-0.05, 0) is 48.9 Å². The van der Waals surface area contributed by atoms with Crippen molar-refractivity contribution in [3.05, 3.63) is 64.8 Å². The first kappa shape index (κ1) is 23.7. The van der Waals surface area contributed by atoms with E-state index >= 15 is 0 Å². The first-order valence-electron chi connectivity index (χ1n) is 10.9. The third-order valence-corrected chi connectivity index (χ3v) is 5.99. The van der Waals surface area contributed by atoms with Gasteiger partial charge >= 0.3 is 0 Å². The highest BCUT2D eigenvalue weighted by Gasteiger charge is 2.26. The number of benzene rings is 2. The number of hydrogen-bond acceptors (Lipinski definition) is 6. The number of amides is 2. The van der Waals surface area contributed by atoms with Crippen molar-refractivity contribution in [3.63, 3.8) is 0 Å². The van der Waals surface area contributed by atoms with E-state index in [0.29, 0.717) is 57.2 Å². The molecule has 178 valence electrons. The Morgan fingerprint density at radius 1 is 1.09 bits per heavy atom. The maximum absolute atomic E-state index is 13.2. The molecule has 1 saturated heterocycles. The van der Waals surface area contributed by atoms with E-state index in [9.17, 15) is 14.0 Å². The molecule has 0 N–H and O–H groups in total. The molecular formula is C24H24ClFN4O4. The normalized spacial score (nSPS) is 13.7. The summed E-state index contributed by atoms with van der Waals surface area (Å²) in [7, 11) is 1.60. The zero-order valence-electron chi connectivity index (χ0n) is 18.7. The van der Waals surface area contributed by atoms with E-state index < -0.39 is 5.82 Å². The Hall–Kier alpha value is -3.46. The molecule has 2 heterocycles. The molecule has 2 aromatic carbocycles. The van der Waals surface area contributed by atoms with Crippen LogP contribution in [0.2, 0.25) is 5.02 Å². The smallest absolute Gasteiger partial charge is 0.255 e. The minimum atomic E-state index is -0.491. The van der Waals surface area contributed by atoms with Crippen molar-refractivity contribution in [1.82, 2.24) is 19.9 Å². The van der Waals surface area contributed by atoms with Crippen LogP contribution in [0, 0.1) is 5.82 Å². The van der Waals surface area contributed by atoms with Gasteiger partial charge in [0.05, 0.1) is 17.7 Å². The Morgan fingerprint density at radius 2 is 1.79 bits per heavy atom. The van der Waals surface area contributed by atoms with Crippen LogP contribution >= 0.6 is 11.6 Å². The van der Waals surface area contributed by atoms with E-state index in [4.69, 9.17) is 20.9 Å². The van der Waals surface area contributed by atoms with Crippen molar-refractivity contribution >= 4 is 23.4 Å². The number of methoxy groups -OCH3 is 1. The highest BCUT2D eigenvalue weighted by molar-refractivity contribution is 6.33. The second kappa shape index (κ2) is 10.6. The van der Waals surface area contributed by atoms with Crippen molar-refractivity contribution in [3.8, 4) is 17.1 Å². The first-order chi connectivity index (χ1) is 16.4. The monoisotopic (exact) mass is 486 g/mol. The van der Waals surface area contributed by atoms with Crippen LogP contribution < -0.4 is 4.74 Å². The molecule has 1 aliphatic heterocycles. The SMILES string of the molecule is COc1ccc(-c2noc(CCCC(=O)N3CCN(C(=O)c4ccc(F)cc4Cl)CC3)n2)cc1. The molecule has 1 fully saturated rings. The van der Waals surface area contributed by atoms with Gasteiger partial charge in [0.25, 0.3) is 5.91 Å². The van der Waals surface area contributed by atoms with Crippen LogP contribution in [0.25, 0.3) is 11.4 Å². The number of carbonyl (C=O) groups is 2. The Balaban J connectivity index is 1.22. The summed E-state index contributed by atoms with van der Waals surface area (Å²) in [5.41, 5.74) is 1.08. The van der Waals surface area contributed by atoms with Gasteiger partial charge in [-0.3, -0.25) is 9.59 Å². The number of rotatable bonds is 7. The molecule has 34 heavy (non-hydrogen) atoms. The fourth-order valence-corrected chi connectivity index (χ4v) is 4.00. The van der Waals surface area contributed by atoms with Gasteiger partial charge < -0.3 is 19.1 Å². The molecule has 2 amide bonds. The zero-order chi connectivity index (χ0) is 24.1. The largest absolute Gasteiger partial charge is 0.497 e. The molecule has 0 radical (unpaired) electrons. The summed E-state index contributed by atoms with van der Waals surface area (Å²) in [6, 6.07) is 11.1. The summed E-state index contributed by atoms with van der Waals surface area (Å²) in [6.07, 6.45) is 1.42. The zero-order valence-corrected chi connectivity index (χ0v) is 19.4. The molecule has 0 atom stereocenters. The number of ether oxygens (including phenoxy) is 1. The molecule has 1 aliphatic rings. The summed E-state index contributed by atoms with van der Waals surface area (Å²) in [6.45, 7) is 1.66. The van der Waals surface area contributed by atoms with E-state index in [1.165, 1.54) is 12.1 Å². The Bertz CT molecular complexity index is 1160. The van der Waals surface area contributed by atoms with Crippen molar-refractivity contribution in [2.75, 3.05) is 33.3 Å². The van der Waals surface area contributed by atoms with Crippen molar-refractivity contribution in [2.24, 2.45) is 0 Å². The van der Waals surface area contributed by atoms with Crippen molar-refractivity contribution in [2.45, 2.75) is 19.3 Å². The Kier molecular flexibility index (Phi) is 7.42. The first-order valence-corrected chi connectivity index (χ1v) is 11.3. The fourth-order valence-electron chi connectivity index (χ4n) is 3.75. The second-order valence-corrected chi connectivity index (χ2v) is 8.30. The van der Waals surface area contributed by atoms with Gasteiger partial charge in [0.15, 0.2) is 0 Å². The predicted molar refractivity (Wildman–Crippen MR) is 123 cm³/mol. The number of aryl methyl sites for hydroxylation is 1. The molecule has 0 unspecified atom stereocenters. The summed E-state index contributed by atoms with van der Waals surface area (Å²) in [5.74, 6) is 0.976. The van der Waals surface area contributed by atoms with Gasteiger partial charge in [0, 0.05) is 44.6 Å². The number of halogens is 2. The van der Waals surface area contributed by atoms with Gasteiger partial charge in [-0.25, -0.2) is 4.39 Å². The molecule has 0 bridgehead atoms. The van der Waals surface area contributed by atoms with Crippen LogP contribution in [0.15, 0.2) is 47.0 Å². The molecule has 8 nitrogen and oxygen atoms in total. The lowest BCUT2D eigenvalue weighted by Crippen LogP contribution is -2.50. The summed E-state index contributed by atoms with van der Waals surface area (Å²) < 4.78 is 23.7. The number of aromatic nitrogens is 2. The van der Waals surface area contributed by atoms with Crippen LogP contribution in [0.1, 0.15) is 29.1 Å². The molecule has 1 aromatic heterocycles. The minimum absolute atomic E-state index is 0.0156. The van der Waals surface area contributed by atoms with Gasteiger partial charge in [0.2, 0.25) is 17.6 Å². The third-order valence-electron chi connectivity index (χ3n) is 5.68. The van der Waals surface area contributed by atoms with E-state index in [-0.39, 0.29) is 22.4 Å². The van der Waals surface area contributed by atoms with E-state index in [1.54, 1.807) is 16.9 Å². The number of hydrogen-bond donors (Lipinski definition) is 0. The van der Waals surface area contributed by atoms with Crippen LogP contribution in [-0.4, -0.2) is 65.0 Å². The van der Waals surface area contributed by atoms with E-state index in [0.717, 1.165) is 17.4 Å². The lowest BCUT2D eigenvalue weighted by atomic mass is 10.1. The van der Waals surface area contributed by atoms with E-state index in [2.05, 4.69) is 10.1 Å². The highest BCUT2D eigenvalue weighted by Crippen LogP contribution is 2.21. The molecule has 10 heteroatoms. The number of piperazine rings is 1. The fraction of sp³-hybridized carbons (Fsp3) is 0.333. The molecule has 0 spiro atoms. The van der Waals surface area contributed by atoms with Crippen LogP contribution in [0.5, 0.6) is 5.75 Å². The van der Waals surface area contributed by atoms with Gasteiger partial charge in [-0.2, -0.15) is 4.98 Å². The quantitative estimate of drug-likeness (QED) is 0.504. The highest BCUT2D eigenvalue weighted by atomic mass is 35.5. The van der Waals surface area contributed by atoms with Crippen LogP contribution in [-0.2, 0) is 11.2 Å². The van der Waals surface area contributed by atoms with Gasteiger partial charge in [0.1, 0.15) is 11.6 Å². The minimum Gasteiger partial charge on any atom is -0.497 e. The maximum Gasteiger partial charge on any atom is 0.255 e. The topological polar surface area (TPSA) is 88.8 Å². The third kappa shape index (κ3) is 5.53. The maximum atomic E-state index is 13.2. The van der Waals surface area contributed by atoms with Crippen LogP contribution in [0.4, 0.5) is 4.39 Å². The molecule has 0 aliphatic carbocycles. The lowest BCUT2D eigenvalue weighted by Gasteiger charge is -2.35. The molecule has 3 aromatic rings. The Labute approximate surface area is 201 Å². The summed E-state index contributed by atoms with van der Waals surface area (Å²) in [5, 5.41) is 4.08. The summed E-state index contributed by atoms with van der Waals surface area (Å²) in [4.78, 5) is 33.0. The summed E-state index contributed by atoms with van der Waals surface area (Å²) >= 11 is 6.00. The predicted octanol–water partition coefficient (Wildman–Crippen LogP) is 3.85. The number of carbonyl (C=O) groups excluding carboxylic acids is 2.